The van der Waals surface area contributed by atoms with Crippen LogP contribution in [0.15, 0.2) is 66.7 Å². The topological polar surface area (TPSA) is 162 Å². The van der Waals surface area contributed by atoms with Crippen molar-refractivity contribution in [2.24, 2.45) is 5.92 Å². The van der Waals surface area contributed by atoms with E-state index in [9.17, 15) is 34.4 Å². The molecule has 3 N–H and O–H groups in total. The van der Waals surface area contributed by atoms with E-state index in [0.29, 0.717) is 43.1 Å². The summed E-state index contributed by atoms with van der Waals surface area (Å²) < 4.78 is 0. The molecule has 12 nitrogen and oxygen atoms in total. The second-order valence-corrected chi connectivity index (χ2v) is 11.1. The second kappa shape index (κ2) is 12.9. The highest BCUT2D eigenvalue weighted by atomic mass is 16.6. The monoisotopic (exact) mass is 599 g/mol. The molecule has 2 fully saturated rings. The maximum Gasteiger partial charge on any atom is 0.305 e. The number of nitrogens with one attached hydrogen (secondary N) is 2. The number of anilines is 2. The largest absolute Gasteiger partial charge is 0.481 e. The third-order valence-electron chi connectivity index (χ3n) is 7.87. The predicted molar refractivity (Wildman–Crippen MR) is 163 cm³/mol. The van der Waals surface area contributed by atoms with Crippen molar-refractivity contribution in [1.82, 2.24) is 10.2 Å². The van der Waals surface area contributed by atoms with Crippen LogP contribution in [0.4, 0.5) is 17.1 Å². The number of carboxylic acid groups (broad SMARTS) is 1. The number of rotatable bonds is 10. The van der Waals surface area contributed by atoms with Gasteiger partial charge >= 0.3 is 5.97 Å². The molecular weight excluding hydrogens is 566 g/mol. The lowest BCUT2D eigenvalue weighted by Gasteiger charge is -2.37. The lowest BCUT2D eigenvalue weighted by atomic mass is 10.0. The molecule has 0 radical (unpaired) electrons. The minimum Gasteiger partial charge on any atom is -0.481 e. The predicted octanol–water partition coefficient (Wildman–Crippen LogP) is 4.16. The molecule has 44 heavy (non-hydrogen) atoms. The van der Waals surface area contributed by atoms with Gasteiger partial charge < -0.3 is 25.5 Å². The quantitative estimate of drug-likeness (QED) is 0.231. The van der Waals surface area contributed by atoms with Gasteiger partial charge in [-0.15, -0.1) is 0 Å². The summed E-state index contributed by atoms with van der Waals surface area (Å²) in [5, 5.41) is 26.2. The number of hydrogen-bond acceptors (Lipinski definition) is 7. The van der Waals surface area contributed by atoms with E-state index in [1.807, 2.05) is 28.9 Å². The van der Waals surface area contributed by atoms with Crippen LogP contribution in [-0.2, 0) is 9.59 Å². The molecule has 0 bridgehead atoms. The molecule has 3 aromatic rings. The SMILES string of the molecule is Cc1ccc(C(CC(=O)O)NC(=O)c2ccc(N3CCN(C(=O)C4CC4)CC3)c(NC(=O)c3ccc([N+](=O)[O-])cc3)c2)cc1. The fourth-order valence-electron chi connectivity index (χ4n) is 5.21. The Hall–Kier alpha value is -5.26. The summed E-state index contributed by atoms with van der Waals surface area (Å²) >= 11 is 0. The Morgan fingerprint density at radius 1 is 0.909 bits per heavy atom. The smallest absolute Gasteiger partial charge is 0.305 e. The van der Waals surface area contributed by atoms with Gasteiger partial charge in [-0.1, -0.05) is 29.8 Å². The number of carbonyl (C=O) groups excluding carboxylic acids is 3. The lowest BCUT2D eigenvalue weighted by molar-refractivity contribution is -0.384. The average Bonchev–Trinajstić information content (AvgIpc) is 3.86. The van der Waals surface area contributed by atoms with Gasteiger partial charge in [0.25, 0.3) is 17.5 Å². The van der Waals surface area contributed by atoms with E-state index in [1.165, 1.54) is 30.3 Å². The molecule has 1 saturated heterocycles. The number of nitro benzene ring substituents is 1. The summed E-state index contributed by atoms with van der Waals surface area (Å²) in [6.45, 7) is 4.02. The van der Waals surface area contributed by atoms with Crippen molar-refractivity contribution in [3.63, 3.8) is 0 Å². The Bertz CT molecular complexity index is 1580. The van der Waals surface area contributed by atoms with Crippen LogP contribution in [0.2, 0.25) is 0 Å². The van der Waals surface area contributed by atoms with Crippen LogP contribution in [-0.4, -0.2) is 64.8 Å². The number of nitrogens with zero attached hydrogens (tertiary/aromatic N) is 3. The van der Waals surface area contributed by atoms with Crippen LogP contribution in [0.5, 0.6) is 0 Å². The number of nitro groups is 1. The van der Waals surface area contributed by atoms with Crippen LogP contribution in [0.1, 0.15) is 57.1 Å². The van der Waals surface area contributed by atoms with E-state index in [4.69, 9.17) is 0 Å². The highest BCUT2D eigenvalue weighted by Gasteiger charge is 2.35. The first-order valence-corrected chi connectivity index (χ1v) is 14.4. The van der Waals surface area contributed by atoms with Gasteiger partial charge in [0, 0.05) is 55.4 Å². The first kappa shape index (κ1) is 30.2. The number of carboxylic acids is 1. The molecule has 1 heterocycles. The van der Waals surface area contributed by atoms with Crippen LogP contribution in [0, 0.1) is 23.0 Å². The Balaban J connectivity index is 1.40. The standard InChI is InChI=1S/C32H33N5O7/c1-20-2-4-21(5-3-20)26(19-29(38)39)33-31(41)24-10-13-28(35-14-16-36(17-15-35)32(42)23-6-7-23)27(18-24)34-30(40)22-8-11-25(12-9-22)37(43)44/h2-5,8-13,18,23,26H,6-7,14-17,19H2,1H3,(H,33,41)(H,34,40)(H,38,39). The number of piperazine rings is 1. The number of aliphatic carboxylic acids is 1. The van der Waals surface area contributed by atoms with E-state index >= 15 is 0 Å². The number of benzene rings is 3. The van der Waals surface area contributed by atoms with Crippen LogP contribution in [0.3, 0.4) is 0 Å². The summed E-state index contributed by atoms with van der Waals surface area (Å²) in [6.07, 6.45) is 1.54. The Labute approximate surface area is 253 Å². The molecule has 12 heteroatoms. The number of carbonyl (C=O) groups is 4. The van der Waals surface area contributed by atoms with Crippen LogP contribution in [0.25, 0.3) is 0 Å². The number of amides is 3. The normalized spacial score (nSPS) is 15.3. The van der Waals surface area contributed by atoms with Crippen LogP contribution < -0.4 is 15.5 Å². The molecule has 5 rings (SSSR count). The Morgan fingerprint density at radius 2 is 1.55 bits per heavy atom. The third kappa shape index (κ3) is 7.20. The van der Waals surface area contributed by atoms with E-state index < -0.39 is 28.7 Å². The molecular formula is C32H33N5O7. The molecule has 0 spiro atoms. The van der Waals surface area contributed by atoms with Crippen LogP contribution >= 0.6 is 0 Å². The second-order valence-electron chi connectivity index (χ2n) is 11.1. The first-order chi connectivity index (χ1) is 21.1. The molecule has 3 aromatic carbocycles. The molecule has 2 aliphatic rings. The maximum atomic E-state index is 13.4. The highest BCUT2D eigenvalue weighted by molar-refractivity contribution is 6.07. The van der Waals surface area contributed by atoms with Gasteiger partial charge in [-0.2, -0.15) is 0 Å². The Morgan fingerprint density at radius 3 is 2.14 bits per heavy atom. The maximum absolute atomic E-state index is 13.4. The minimum atomic E-state index is -1.07. The number of hydrogen-bond donors (Lipinski definition) is 3. The molecule has 228 valence electrons. The van der Waals surface area contributed by atoms with Gasteiger partial charge in [0.2, 0.25) is 5.91 Å². The minimum absolute atomic E-state index is 0.126. The summed E-state index contributed by atoms with van der Waals surface area (Å²) in [7, 11) is 0. The highest BCUT2D eigenvalue weighted by Crippen LogP contribution is 2.33. The van der Waals surface area contributed by atoms with E-state index in [-0.39, 0.29) is 35.1 Å². The van der Waals surface area contributed by atoms with Gasteiger partial charge in [0.1, 0.15) is 0 Å². The van der Waals surface area contributed by atoms with E-state index in [2.05, 4.69) is 10.6 Å². The lowest BCUT2D eigenvalue weighted by Crippen LogP contribution is -2.49. The van der Waals surface area contributed by atoms with Crippen molar-refractivity contribution in [1.29, 1.82) is 0 Å². The van der Waals surface area contributed by atoms with Crippen molar-refractivity contribution < 1.29 is 29.2 Å². The van der Waals surface area contributed by atoms with E-state index in [1.54, 1.807) is 24.3 Å². The molecule has 1 atom stereocenters. The zero-order valence-corrected chi connectivity index (χ0v) is 24.2. The molecule has 1 saturated carbocycles. The zero-order valence-electron chi connectivity index (χ0n) is 24.2. The molecule has 3 amide bonds. The van der Waals surface area contributed by atoms with E-state index in [0.717, 1.165) is 18.4 Å². The van der Waals surface area contributed by atoms with Crippen molar-refractivity contribution >= 4 is 40.8 Å². The van der Waals surface area contributed by atoms with Gasteiger partial charge in [-0.05, 0) is 55.7 Å². The Kier molecular flexibility index (Phi) is 8.88. The van der Waals surface area contributed by atoms with Crippen molar-refractivity contribution in [2.75, 3.05) is 36.4 Å². The summed E-state index contributed by atoms with van der Waals surface area (Å²) in [4.78, 5) is 65.2. The number of non-ortho nitro benzene ring substituents is 1. The van der Waals surface area contributed by atoms with Crippen molar-refractivity contribution in [2.45, 2.75) is 32.2 Å². The molecule has 1 aliphatic carbocycles. The zero-order chi connectivity index (χ0) is 31.4. The first-order valence-electron chi connectivity index (χ1n) is 14.4. The van der Waals surface area contributed by atoms with Gasteiger partial charge in [-0.25, -0.2) is 0 Å². The number of aryl methyl sites for hydroxylation is 1. The third-order valence-corrected chi connectivity index (χ3v) is 7.87. The van der Waals surface area contributed by atoms with Crippen molar-refractivity contribution in [3.8, 4) is 0 Å². The van der Waals surface area contributed by atoms with Gasteiger partial charge in [-0.3, -0.25) is 29.3 Å². The fourth-order valence-corrected chi connectivity index (χ4v) is 5.21. The summed E-state index contributed by atoms with van der Waals surface area (Å²) in [5.41, 5.74) is 2.88. The average molecular weight is 600 g/mol. The fraction of sp³-hybridized carbons (Fsp3) is 0.312. The van der Waals surface area contributed by atoms with Gasteiger partial charge in [0.05, 0.1) is 28.8 Å². The summed E-state index contributed by atoms with van der Waals surface area (Å²) in [5.74, 6) is -1.81. The molecule has 0 aromatic heterocycles. The molecule has 1 unspecified atom stereocenters. The molecule has 1 aliphatic heterocycles. The van der Waals surface area contributed by atoms with Gasteiger partial charge in [0.15, 0.2) is 0 Å². The summed E-state index contributed by atoms with van der Waals surface area (Å²) in [6, 6.07) is 16.5. The van der Waals surface area contributed by atoms with Crippen molar-refractivity contribution in [3.05, 3.63) is 99.1 Å².